The summed E-state index contributed by atoms with van der Waals surface area (Å²) in [5.74, 6) is -0.916. The van der Waals surface area contributed by atoms with E-state index >= 15 is 0 Å². The van der Waals surface area contributed by atoms with Crippen LogP contribution in [0.1, 0.15) is 9.67 Å². The van der Waals surface area contributed by atoms with E-state index in [2.05, 4.69) is 11.1 Å². The number of carboxylic acid groups (broad SMARTS) is 1. The van der Waals surface area contributed by atoms with E-state index < -0.39 is 5.97 Å². The standard InChI is InChI=1S/C14H8NO2S.Y/c16-14(17)12-11(9-5-2-1-3-6-9)10-7-4-8-15-13(10)18-12;/h2-8H,(H,16,17);/q-1;. The van der Waals surface area contributed by atoms with Crippen molar-refractivity contribution >= 4 is 27.5 Å². The third kappa shape index (κ3) is 2.61. The molecule has 2 aromatic heterocycles. The number of pyridine rings is 1. The normalized spacial score (nSPS) is 10.1. The summed E-state index contributed by atoms with van der Waals surface area (Å²) in [5, 5.41) is 10.2. The Bertz CT molecular complexity index is 725. The Morgan fingerprint density at radius 2 is 2.00 bits per heavy atom. The van der Waals surface area contributed by atoms with Gasteiger partial charge in [-0.2, -0.15) is 30.3 Å². The Kier molecular flexibility index (Phi) is 4.45. The molecule has 2 heterocycles. The van der Waals surface area contributed by atoms with Crippen molar-refractivity contribution in [1.82, 2.24) is 4.98 Å². The van der Waals surface area contributed by atoms with Crippen LogP contribution in [0.2, 0.25) is 0 Å². The topological polar surface area (TPSA) is 50.2 Å². The van der Waals surface area contributed by atoms with E-state index in [1.54, 1.807) is 18.3 Å². The number of aromatic carboxylic acids is 1. The second-order valence-corrected chi connectivity index (χ2v) is 4.76. The van der Waals surface area contributed by atoms with Crippen LogP contribution < -0.4 is 0 Å². The number of fused-ring (bicyclic) bond motifs is 1. The second kappa shape index (κ2) is 5.91. The average molecular weight is 343 g/mol. The van der Waals surface area contributed by atoms with E-state index in [9.17, 15) is 9.90 Å². The fourth-order valence-corrected chi connectivity index (χ4v) is 2.93. The molecule has 1 radical (unpaired) electrons. The van der Waals surface area contributed by atoms with Crippen molar-refractivity contribution in [2.24, 2.45) is 0 Å². The van der Waals surface area contributed by atoms with E-state index in [4.69, 9.17) is 0 Å². The molecular weight excluding hydrogens is 335 g/mol. The maximum atomic E-state index is 11.3. The summed E-state index contributed by atoms with van der Waals surface area (Å²) in [5.41, 5.74) is 1.62. The molecule has 3 aromatic rings. The first-order valence-electron chi connectivity index (χ1n) is 5.34. The minimum atomic E-state index is -0.916. The molecule has 1 aromatic carbocycles. The first kappa shape index (κ1) is 14.3. The third-order valence-electron chi connectivity index (χ3n) is 2.67. The molecule has 5 heteroatoms. The fraction of sp³-hybridized carbons (Fsp3) is 0. The van der Waals surface area contributed by atoms with Crippen LogP contribution >= 0.6 is 11.3 Å². The van der Waals surface area contributed by atoms with Gasteiger partial charge in [0, 0.05) is 44.3 Å². The molecule has 0 unspecified atom stereocenters. The molecule has 3 rings (SSSR count). The molecule has 0 aliphatic heterocycles. The Labute approximate surface area is 139 Å². The van der Waals surface area contributed by atoms with Crippen LogP contribution in [0.5, 0.6) is 0 Å². The molecule has 0 saturated carbocycles. The van der Waals surface area contributed by atoms with E-state index in [1.807, 2.05) is 24.3 Å². The van der Waals surface area contributed by atoms with Gasteiger partial charge in [-0.15, -0.1) is 16.9 Å². The zero-order chi connectivity index (χ0) is 12.5. The van der Waals surface area contributed by atoms with Crippen LogP contribution in [0.15, 0.2) is 42.6 Å². The van der Waals surface area contributed by atoms with Crippen molar-refractivity contribution in [2.75, 3.05) is 0 Å². The first-order valence-corrected chi connectivity index (χ1v) is 6.16. The van der Waals surface area contributed by atoms with Crippen LogP contribution in [-0.4, -0.2) is 16.1 Å². The second-order valence-electron chi connectivity index (χ2n) is 3.76. The van der Waals surface area contributed by atoms with Crippen LogP contribution in [0, 0.1) is 6.07 Å². The number of hydrogen-bond acceptors (Lipinski definition) is 3. The zero-order valence-electron chi connectivity index (χ0n) is 9.83. The summed E-state index contributed by atoms with van der Waals surface area (Å²) in [6.45, 7) is 0. The van der Waals surface area contributed by atoms with Gasteiger partial charge in [0.05, 0.1) is 0 Å². The van der Waals surface area contributed by atoms with Gasteiger partial charge in [0.2, 0.25) is 0 Å². The summed E-state index contributed by atoms with van der Waals surface area (Å²) in [6.07, 6.45) is 1.67. The fourth-order valence-electron chi connectivity index (χ4n) is 1.92. The van der Waals surface area contributed by atoms with E-state index in [-0.39, 0.29) is 32.7 Å². The molecule has 0 amide bonds. The minimum absolute atomic E-state index is 0. The Morgan fingerprint density at radius 1 is 1.26 bits per heavy atom. The molecular formula is C14H8NO2SY-. The number of thiophene rings is 1. The van der Waals surface area contributed by atoms with Gasteiger partial charge in [0.25, 0.3) is 0 Å². The number of aromatic nitrogens is 1. The molecule has 0 atom stereocenters. The van der Waals surface area contributed by atoms with Crippen LogP contribution in [-0.2, 0) is 32.7 Å². The summed E-state index contributed by atoms with van der Waals surface area (Å²) in [4.78, 5) is 16.6. The monoisotopic (exact) mass is 343 g/mol. The van der Waals surface area contributed by atoms with Gasteiger partial charge in [-0.25, -0.2) is 9.78 Å². The third-order valence-corrected chi connectivity index (χ3v) is 3.77. The molecule has 0 fully saturated rings. The largest absolute Gasteiger partial charge is 0.477 e. The van der Waals surface area contributed by atoms with E-state index in [0.717, 1.165) is 21.3 Å². The predicted molar refractivity (Wildman–Crippen MR) is 70.9 cm³/mol. The van der Waals surface area contributed by atoms with Crippen molar-refractivity contribution in [3.05, 3.63) is 53.5 Å². The van der Waals surface area contributed by atoms with Gasteiger partial charge in [0.1, 0.15) is 9.71 Å². The predicted octanol–water partition coefficient (Wildman–Crippen LogP) is 3.46. The van der Waals surface area contributed by atoms with Crippen LogP contribution in [0.3, 0.4) is 0 Å². The zero-order valence-corrected chi connectivity index (χ0v) is 13.5. The van der Waals surface area contributed by atoms with Gasteiger partial charge >= 0.3 is 5.97 Å². The Hall–Kier alpha value is -1.10. The molecule has 0 aliphatic rings. The van der Waals surface area contributed by atoms with Gasteiger partial charge in [-0.05, 0) is 17.7 Å². The smallest absolute Gasteiger partial charge is 0.346 e. The summed E-state index contributed by atoms with van der Waals surface area (Å²) >= 11 is 1.21. The molecule has 91 valence electrons. The molecule has 0 saturated heterocycles. The molecule has 3 nitrogen and oxygen atoms in total. The maximum absolute atomic E-state index is 11.3. The average Bonchev–Trinajstić information content (AvgIpc) is 2.79. The summed E-state index contributed by atoms with van der Waals surface area (Å²) in [7, 11) is 0. The summed E-state index contributed by atoms with van der Waals surface area (Å²) < 4.78 is 0. The quantitative estimate of drug-likeness (QED) is 0.725. The number of carboxylic acids is 1. The van der Waals surface area contributed by atoms with Gasteiger partial charge < -0.3 is 5.11 Å². The number of nitrogens with zero attached hydrogens (tertiary/aromatic N) is 1. The van der Waals surface area contributed by atoms with Crippen molar-refractivity contribution in [3.8, 4) is 11.1 Å². The van der Waals surface area contributed by atoms with Gasteiger partial charge in [0.15, 0.2) is 0 Å². The molecule has 1 N–H and O–H groups in total. The van der Waals surface area contributed by atoms with Crippen LogP contribution in [0.4, 0.5) is 0 Å². The first-order chi connectivity index (χ1) is 8.77. The molecule has 0 bridgehead atoms. The number of rotatable bonds is 2. The van der Waals surface area contributed by atoms with Gasteiger partial charge in [-0.1, -0.05) is 0 Å². The maximum Gasteiger partial charge on any atom is 0.346 e. The number of hydrogen-bond donors (Lipinski definition) is 1. The van der Waals surface area contributed by atoms with Crippen molar-refractivity contribution in [1.29, 1.82) is 0 Å². The molecule has 0 aliphatic carbocycles. The van der Waals surface area contributed by atoms with E-state index in [0.29, 0.717) is 4.88 Å². The SMILES string of the molecule is O=C(O)c1sc2ncccc2c1-c1cc[c-]cc1.[Y]. The molecule has 19 heavy (non-hydrogen) atoms. The van der Waals surface area contributed by atoms with Crippen molar-refractivity contribution < 1.29 is 42.6 Å². The number of benzene rings is 1. The van der Waals surface area contributed by atoms with Crippen molar-refractivity contribution in [2.45, 2.75) is 0 Å². The van der Waals surface area contributed by atoms with Crippen molar-refractivity contribution in [3.63, 3.8) is 0 Å². The van der Waals surface area contributed by atoms with Crippen LogP contribution in [0.25, 0.3) is 21.3 Å². The Balaban J connectivity index is 0.00000133. The Morgan fingerprint density at radius 3 is 2.68 bits per heavy atom. The summed E-state index contributed by atoms with van der Waals surface area (Å²) in [6, 6.07) is 13.9. The molecule has 0 spiro atoms. The minimum Gasteiger partial charge on any atom is -0.477 e. The van der Waals surface area contributed by atoms with Gasteiger partial charge in [-0.3, -0.25) is 0 Å². The number of carbonyl (C=O) groups is 1. The van der Waals surface area contributed by atoms with E-state index in [1.165, 1.54) is 11.3 Å².